The summed E-state index contributed by atoms with van der Waals surface area (Å²) in [6.45, 7) is 4.84. The van der Waals surface area contributed by atoms with Gasteiger partial charge in [0.25, 0.3) is 0 Å². The summed E-state index contributed by atoms with van der Waals surface area (Å²) in [4.78, 5) is 1.18. The summed E-state index contributed by atoms with van der Waals surface area (Å²) in [6, 6.07) is 10.5. The van der Waals surface area contributed by atoms with Gasteiger partial charge in [0.15, 0.2) is 0 Å². The van der Waals surface area contributed by atoms with Gasteiger partial charge in [0.1, 0.15) is 11.3 Å². The van der Waals surface area contributed by atoms with Crippen LogP contribution >= 0.6 is 11.8 Å². The van der Waals surface area contributed by atoms with Gasteiger partial charge >= 0.3 is 0 Å². The van der Waals surface area contributed by atoms with Crippen LogP contribution in [0.3, 0.4) is 0 Å². The minimum Gasteiger partial charge on any atom is -0.496 e. The number of nitrogens with zero attached hydrogens (tertiary/aromatic N) is 1. The molecule has 0 aliphatic rings. The molecule has 1 rings (SSSR count). The quantitative estimate of drug-likeness (QED) is 0.554. The second-order valence-electron chi connectivity index (χ2n) is 4.93. The minimum atomic E-state index is -0.385. The normalized spacial score (nSPS) is 13.5. The van der Waals surface area contributed by atoms with E-state index in [9.17, 15) is 5.26 Å². The number of nitriles is 1. The summed E-state index contributed by atoms with van der Waals surface area (Å²) in [7, 11) is 1.70. The lowest BCUT2D eigenvalue weighted by atomic mass is 9.97. The molecule has 0 spiro atoms. The Hall–Kier alpha value is -1.18. The molecule has 3 nitrogen and oxygen atoms in total. The van der Waals surface area contributed by atoms with Crippen LogP contribution < -0.4 is 10.1 Å². The maximum Gasteiger partial charge on any atom is 0.132 e. The second-order valence-corrected chi connectivity index (χ2v) is 6.07. The molecule has 4 heteroatoms. The van der Waals surface area contributed by atoms with Gasteiger partial charge in [0.05, 0.1) is 13.2 Å². The van der Waals surface area contributed by atoms with Crippen molar-refractivity contribution in [2.24, 2.45) is 0 Å². The lowest BCUT2D eigenvalue weighted by Crippen LogP contribution is -2.40. The third-order valence-electron chi connectivity index (χ3n) is 3.21. The molecule has 0 bridgehead atoms. The van der Waals surface area contributed by atoms with Gasteiger partial charge in [-0.1, -0.05) is 19.1 Å². The highest BCUT2D eigenvalue weighted by Crippen LogP contribution is 2.29. The van der Waals surface area contributed by atoms with Crippen molar-refractivity contribution in [2.45, 2.75) is 43.5 Å². The zero-order valence-electron chi connectivity index (χ0n) is 12.6. The fourth-order valence-electron chi connectivity index (χ4n) is 2.07. The van der Waals surface area contributed by atoms with Crippen molar-refractivity contribution in [2.75, 3.05) is 19.4 Å². The molecule has 110 valence electrons. The van der Waals surface area contributed by atoms with E-state index in [1.165, 1.54) is 4.90 Å². The standard InChI is InChI=1S/C16H24N2OS/c1-4-18-16(2,13-17)11-7-8-12-20-15-10-6-5-9-14(15)19-3/h5-6,9-10,18H,4,7-8,11-12H2,1-3H3. The van der Waals surface area contributed by atoms with Crippen molar-refractivity contribution in [3.63, 3.8) is 0 Å². The molecule has 0 fully saturated rings. The molecule has 1 atom stereocenters. The summed E-state index contributed by atoms with van der Waals surface area (Å²) in [5.41, 5.74) is -0.385. The first-order valence-corrected chi connectivity index (χ1v) is 8.06. The van der Waals surface area contributed by atoms with E-state index in [0.717, 1.165) is 37.3 Å². The number of nitrogens with one attached hydrogen (secondary N) is 1. The van der Waals surface area contributed by atoms with Gasteiger partial charge in [-0.3, -0.25) is 5.32 Å². The van der Waals surface area contributed by atoms with Crippen molar-refractivity contribution in [1.29, 1.82) is 5.26 Å². The molecule has 0 aromatic heterocycles. The minimum absolute atomic E-state index is 0.385. The van der Waals surface area contributed by atoms with E-state index in [4.69, 9.17) is 4.74 Å². The Kier molecular flexibility index (Phi) is 7.50. The Morgan fingerprint density at radius 3 is 2.75 bits per heavy atom. The van der Waals surface area contributed by atoms with E-state index in [0.29, 0.717) is 0 Å². The van der Waals surface area contributed by atoms with Gasteiger partial charge in [-0.05, 0) is 50.6 Å². The molecule has 1 aromatic rings. The van der Waals surface area contributed by atoms with Crippen molar-refractivity contribution >= 4 is 11.8 Å². The predicted octanol–water partition coefficient (Wildman–Crippen LogP) is 3.85. The van der Waals surface area contributed by atoms with Crippen LogP contribution in [0.4, 0.5) is 0 Å². The Bertz CT molecular complexity index is 444. The van der Waals surface area contributed by atoms with Gasteiger partial charge in [0.2, 0.25) is 0 Å². The molecule has 0 saturated heterocycles. The third kappa shape index (κ3) is 5.44. The molecule has 0 radical (unpaired) electrons. The second kappa shape index (κ2) is 8.89. The summed E-state index contributed by atoms with van der Waals surface area (Å²) in [5.74, 6) is 1.99. The number of para-hydroxylation sites is 1. The maximum atomic E-state index is 9.18. The van der Waals surface area contributed by atoms with E-state index >= 15 is 0 Å². The highest BCUT2D eigenvalue weighted by molar-refractivity contribution is 7.99. The van der Waals surface area contributed by atoms with Crippen LogP contribution in [0.1, 0.15) is 33.1 Å². The topological polar surface area (TPSA) is 45.0 Å². The Labute approximate surface area is 126 Å². The number of rotatable bonds is 9. The van der Waals surface area contributed by atoms with Gasteiger partial charge in [-0.2, -0.15) is 5.26 Å². The number of thioether (sulfide) groups is 1. The molecule has 0 aliphatic heterocycles. The SMILES string of the molecule is CCNC(C)(C#N)CCCCSc1ccccc1OC. The summed E-state index contributed by atoms with van der Waals surface area (Å²) < 4.78 is 5.33. The van der Waals surface area contributed by atoms with E-state index in [-0.39, 0.29) is 5.54 Å². The summed E-state index contributed by atoms with van der Waals surface area (Å²) in [6.07, 6.45) is 3.05. The fraction of sp³-hybridized carbons (Fsp3) is 0.562. The van der Waals surface area contributed by atoms with E-state index in [2.05, 4.69) is 17.5 Å². The van der Waals surface area contributed by atoms with Gasteiger partial charge in [-0.25, -0.2) is 0 Å². The Morgan fingerprint density at radius 1 is 1.35 bits per heavy atom. The first-order valence-electron chi connectivity index (χ1n) is 7.07. The number of benzene rings is 1. The van der Waals surface area contributed by atoms with Crippen LogP contribution in [0, 0.1) is 11.3 Å². The van der Waals surface area contributed by atoms with Crippen molar-refractivity contribution in [1.82, 2.24) is 5.32 Å². The third-order valence-corrected chi connectivity index (χ3v) is 4.35. The highest BCUT2D eigenvalue weighted by atomic mass is 32.2. The Morgan fingerprint density at radius 2 is 2.10 bits per heavy atom. The number of unbranched alkanes of at least 4 members (excludes halogenated alkanes) is 1. The van der Waals surface area contributed by atoms with Crippen LogP contribution in [0.25, 0.3) is 0 Å². The average molecular weight is 292 g/mol. The number of methoxy groups -OCH3 is 1. The molecule has 0 saturated carbocycles. The largest absolute Gasteiger partial charge is 0.496 e. The van der Waals surface area contributed by atoms with Crippen LogP contribution in [0.5, 0.6) is 5.75 Å². The van der Waals surface area contributed by atoms with Crippen molar-refractivity contribution in [3.8, 4) is 11.8 Å². The molecule has 1 aromatic carbocycles. The van der Waals surface area contributed by atoms with Crippen LogP contribution in [-0.2, 0) is 0 Å². The van der Waals surface area contributed by atoms with E-state index < -0.39 is 0 Å². The van der Waals surface area contributed by atoms with Crippen molar-refractivity contribution < 1.29 is 4.74 Å². The molecule has 0 aliphatic carbocycles. The van der Waals surface area contributed by atoms with Crippen LogP contribution in [-0.4, -0.2) is 24.9 Å². The number of ether oxygens (including phenoxy) is 1. The predicted molar refractivity (Wildman–Crippen MR) is 85.3 cm³/mol. The first-order chi connectivity index (χ1) is 9.65. The molecular weight excluding hydrogens is 268 g/mol. The van der Waals surface area contributed by atoms with Crippen molar-refractivity contribution in [3.05, 3.63) is 24.3 Å². The lowest BCUT2D eigenvalue weighted by Gasteiger charge is -2.22. The van der Waals surface area contributed by atoms with E-state index in [1.54, 1.807) is 7.11 Å². The zero-order valence-corrected chi connectivity index (χ0v) is 13.4. The number of hydrogen-bond acceptors (Lipinski definition) is 4. The van der Waals surface area contributed by atoms with Gasteiger partial charge in [-0.15, -0.1) is 11.8 Å². The molecular formula is C16H24N2OS. The molecule has 1 unspecified atom stereocenters. The van der Waals surface area contributed by atoms with E-state index in [1.807, 2.05) is 43.8 Å². The molecule has 20 heavy (non-hydrogen) atoms. The maximum absolute atomic E-state index is 9.18. The number of hydrogen-bond donors (Lipinski definition) is 1. The fourth-order valence-corrected chi connectivity index (χ4v) is 3.11. The summed E-state index contributed by atoms with van der Waals surface area (Å²) in [5, 5.41) is 12.4. The monoisotopic (exact) mass is 292 g/mol. The highest BCUT2D eigenvalue weighted by Gasteiger charge is 2.21. The molecule has 0 heterocycles. The molecule has 1 N–H and O–H groups in total. The molecule has 0 amide bonds. The smallest absolute Gasteiger partial charge is 0.132 e. The van der Waals surface area contributed by atoms with Crippen LogP contribution in [0.2, 0.25) is 0 Å². The first kappa shape index (κ1) is 16.9. The summed E-state index contributed by atoms with van der Waals surface area (Å²) >= 11 is 1.81. The average Bonchev–Trinajstić information content (AvgIpc) is 2.47. The van der Waals surface area contributed by atoms with Gasteiger partial charge < -0.3 is 4.74 Å². The van der Waals surface area contributed by atoms with Crippen LogP contribution in [0.15, 0.2) is 29.2 Å². The van der Waals surface area contributed by atoms with Gasteiger partial charge in [0, 0.05) is 4.90 Å². The lowest BCUT2D eigenvalue weighted by molar-refractivity contribution is 0.404. The Balaban J connectivity index is 2.30. The zero-order chi connectivity index (χ0) is 14.8.